The topological polar surface area (TPSA) is 80.4 Å². The van der Waals surface area contributed by atoms with Gasteiger partial charge in [0.15, 0.2) is 0 Å². The number of hydrogen-bond acceptors (Lipinski definition) is 7. The van der Waals surface area contributed by atoms with Gasteiger partial charge in [-0.05, 0) is 39.7 Å². The van der Waals surface area contributed by atoms with E-state index >= 15 is 0 Å². The van der Waals surface area contributed by atoms with Crippen LogP contribution in [-0.4, -0.2) is 58.2 Å². The molecule has 1 aromatic rings. The molecule has 7 heteroatoms. The van der Waals surface area contributed by atoms with Crippen LogP contribution in [0.25, 0.3) is 0 Å². The number of nitrogens with two attached hydrogens (primary N) is 1. The summed E-state index contributed by atoms with van der Waals surface area (Å²) in [6.45, 7) is 8.20. The Morgan fingerprint density at radius 3 is 2.76 bits per heavy atom. The van der Waals surface area contributed by atoms with Gasteiger partial charge >= 0.3 is 6.01 Å². The van der Waals surface area contributed by atoms with Crippen molar-refractivity contribution in [2.45, 2.75) is 45.3 Å². The summed E-state index contributed by atoms with van der Waals surface area (Å²) in [4.78, 5) is 17.6. The molecule has 1 aromatic heterocycles. The van der Waals surface area contributed by atoms with Crippen molar-refractivity contribution in [2.24, 2.45) is 0 Å². The van der Waals surface area contributed by atoms with Gasteiger partial charge in [0.05, 0.1) is 6.10 Å². The van der Waals surface area contributed by atoms with Crippen LogP contribution >= 0.6 is 0 Å². The molecule has 2 saturated heterocycles. The van der Waals surface area contributed by atoms with Gasteiger partial charge < -0.3 is 15.4 Å². The van der Waals surface area contributed by atoms with Gasteiger partial charge in [-0.15, -0.1) is 0 Å². The summed E-state index contributed by atoms with van der Waals surface area (Å²) in [6, 6.07) is 0.931. The van der Waals surface area contributed by atoms with Gasteiger partial charge in [0, 0.05) is 25.7 Å². The monoisotopic (exact) mass is 292 g/mol. The molecule has 3 rings (SSSR count). The number of nitrogen functional groups attached to an aromatic ring is 1. The maximum atomic E-state index is 5.81. The first-order valence-corrected chi connectivity index (χ1v) is 7.79. The van der Waals surface area contributed by atoms with Crippen molar-refractivity contribution in [3.05, 3.63) is 0 Å². The fourth-order valence-electron chi connectivity index (χ4n) is 3.15. The Kier molecular flexibility index (Phi) is 4.10. The molecule has 7 nitrogen and oxygen atoms in total. The van der Waals surface area contributed by atoms with Crippen molar-refractivity contribution in [3.63, 3.8) is 0 Å². The third kappa shape index (κ3) is 3.34. The normalized spacial score (nSPS) is 23.2. The first-order valence-electron chi connectivity index (χ1n) is 7.79. The molecule has 116 valence electrons. The summed E-state index contributed by atoms with van der Waals surface area (Å²) in [5, 5.41) is 0. The fraction of sp³-hybridized carbons (Fsp3) is 0.786. The van der Waals surface area contributed by atoms with Crippen LogP contribution in [0.3, 0.4) is 0 Å². The summed E-state index contributed by atoms with van der Waals surface area (Å²) in [5.41, 5.74) is 5.81. The molecule has 0 saturated carbocycles. The van der Waals surface area contributed by atoms with Crippen molar-refractivity contribution in [2.75, 3.05) is 36.8 Å². The van der Waals surface area contributed by atoms with Crippen LogP contribution in [0, 0.1) is 0 Å². The molecule has 0 radical (unpaired) electrons. The van der Waals surface area contributed by atoms with Gasteiger partial charge in [-0.1, -0.05) is 0 Å². The van der Waals surface area contributed by atoms with Crippen LogP contribution in [0.2, 0.25) is 0 Å². The molecule has 2 aliphatic heterocycles. The molecule has 2 fully saturated rings. The largest absolute Gasteiger partial charge is 0.461 e. The van der Waals surface area contributed by atoms with Crippen molar-refractivity contribution in [1.29, 1.82) is 0 Å². The van der Waals surface area contributed by atoms with Crippen LogP contribution in [0.5, 0.6) is 6.01 Å². The maximum absolute atomic E-state index is 5.81. The van der Waals surface area contributed by atoms with E-state index in [-0.39, 0.29) is 12.1 Å². The molecule has 2 aliphatic rings. The Morgan fingerprint density at radius 1 is 1.14 bits per heavy atom. The lowest BCUT2D eigenvalue weighted by Crippen LogP contribution is -2.37. The summed E-state index contributed by atoms with van der Waals surface area (Å²) in [5.74, 6) is 0.870. The second kappa shape index (κ2) is 6.01. The van der Waals surface area contributed by atoms with Gasteiger partial charge in [-0.3, -0.25) is 4.90 Å². The van der Waals surface area contributed by atoms with E-state index in [2.05, 4.69) is 24.8 Å². The average molecular weight is 292 g/mol. The predicted octanol–water partition coefficient (Wildman–Crippen LogP) is 0.915. The highest BCUT2D eigenvalue weighted by atomic mass is 16.5. The van der Waals surface area contributed by atoms with Crippen molar-refractivity contribution >= 4 is 11.9 Å². The Morgan fingerprint density at radius 2 is 1.95 bits per heavy atom. The Balaban J connectivity index is 1.80. The number of ether oxygens (including phenoxy) is 1. The highest BCUT2D eigenvalue weighted by Gasteiger charge is 2.30. The first-order chi connectivity index (χ1) is 10.1. The van der Waals surface area contributed by atoms with Gasteiger partial charge in [-0.25, -0.2) is 0 Å². The zero-order valence-electron chi connectivity index (χ0n) is 12.8. The molecule has 0 spiro atoms. The van der Waals surface area contributed by atoms with Crippen LogP contribution in [0.4, 0.5) is 11.9 Å². The summed E-state index contributed by atoms with van der Waals surface area (Å²) < 4.78 is 5.57. The molecular formula is C14H24N6O. The van der Waals surface area contributed by atoms with Crippen LogP contribution in [-0.2, 0) is 0 Å². The van der Waals surface area contributed by atoms with Gasteiger partial charge in [0.2, 0.25) is 11.9 Å². The average Bonchev–Trinajstić information content (AvgIpc) is 2.74. The minimum absolute atomic E-state index is 0.0223. The standard InChI is InChI=1S/C14H24N6O/c1-10(2)21-14-17-12(15)16-13(18-14)20-8-4-7-19-6-3-5-11(19)9-20/h10-11H,3-9H2,1-2H3,(H2,15,16,17,18). The third-order valence-electron chi connectivity index (χ3n) is 4.05. The van der Waals surface area contributed by atoms with E-state index in [1.807, 2.05) is 13.8 Å². The molecule has 1 unspecified atom stereocenters. The smallest absolute Gasteiger partial charge is 0.323 e. The lowest BCUT2D eigenvalue weighted by atomic mass is 10.2. The third-order valence-corrected chi connectivity index (χ3v) is 4.05. The maximum Gasteiger partial charge on any atom is 0.323 e. The molecule has 1 atom stereocenters. The Bertz CT molecular complexity index is 494. The molecule has 0 amide bonds. The first kappa shape index (κ1) is 14.3. The van der Waals surface area contributed by atoms with Crippen LogP contribution in [0.1, 0.15) is 33.1 Å². The summed E-state index contributed by atoms with van der Waals surface area (Å²) in [6.07, 6.45) is 3.70. The zero-order chi connectivity index (χ0) is 14.8. The predicted molar refractivity (Wildman–Crippen MR) is 81.4 cm³/mol. The number of fused-ring (bicyclic) bond motifs is 1. The second-order valence-electron chi connectivity index (χ2n) is 6.07. The summed E-state index contributed by atoms with van der Waals surface area (Å²) >= 11 is 0. The van der Waals surface area contributed by atoms with E-state index in [1.165, 1.54) is 19.4 Å². The SMILES string of the molecule is CC(C)Oc1nc(N)nc(N2CCCN3CCCC3C2)n1. The van der Waals surface area contributed by atoms with E-state index in [1.54, 1.807) is 0 Å². The van der Waals surface area contributed by atoms with E-state index in [4.69, 9.17) is 10.5 Å². The number of nitrogens with zero attached hydrogens (tertiary/aromatic N) is 5. The van der Waals surface area contributed by atoms with Crippen molar-refractivity contribution in [1.82, 2.24) is 19.9 Å². The minimum atomic E-state index is 0.0223. The van der Waals surface area contributed by atoms with Crippen molar-refractivity contribution in [3.8, 4) is 6.01 Å². The highest BCUT2D eigenvalue weighted by molar-refractivity contribution is 5.36. The molecule has 3 heterocycles. The van der Waals surface area contributed by atoms with Gasteiger partial charge in [0.1, 0.15) is 0 Å². The molecule has 2 N–H and O–H groups in total. The molecule has 0 bridgehead atoms. The van der Waals surface area contributed by atoms with Crippen LogP contribution in [0.15, 0.2) is 0 Å². The quantitative estimate of drug-likeness (QED) is 0.887. The van der Waals surface area contributed by atoms with Gasteiger partial charge in [0.25, 0.3) is 0 Å². The van der Waals surface area contributed by atoms with Crippen LogP contribution < -0.4 is 15.4 Å². The lowest BCUT2D eigenvalue weighted by Gasteiger charge is -2.25. The second-order valence-corrected chi connectivity index (χ2v) is 6.07. The minimum Gasteiger partial charge on any atom is -0.461 e. The zero-order valence-corrected chi connectivity index (χ0v) is 12.8. The number of anilines is 2. The number of rotatable bonds is 3. The molecule has 0 aliphatic carbocycles. The van der Waals surface area contributed by atoms with E-state index in [9.17, 15) is 0 Å². The Labute approximate surface area is 125 Å². The van der Waals surface area contributed by atoms with E-state index in [0.29, 0.717) is 18.0 Å². The molecule has 0 aromatic carbocycles. The fourth-order valence-corrected chi connectivity index (χ4v) is 3.15. The Hall–Kier alpha value is -1.63. The summed E-state index contributed by atoms with van der Waals surface area (Å²) in [7, 11) is 0. The highest BCUT2D eigenvalue weighted by Crippen LogP contribution is 2.24. The van der Waals surface area contributed by atoms with Gasteiger partial charge in [-0.2, -0.15) is 15.0 Å². The lowest BCUT2D eigenvalue weighted by molar-refractivity contribution is 0.222. The number of aromatic nitrogens is 3. The number of hydrogen-bond donors (Lipinski definition) is 1. The van der Waals surface area contributed by atoms with Crippen molar-refractivity contribution < 1.29 is 4.74 Å². The molecule has 21 heavy (non-hydrogen) atoms. The van der Waals surface area contributed by atoms with E-state index in [0.717, 1.165) is 26.1 Å². The molecular weight excluding hydrogens is 268 g/mol. The van der Waals surface area contributed by atoms with E-state index < -0.39 is 0 Å².